The van der Waals surface area contributed by atoms with Crippen molar-refractivity contribution in [3.05, 3.63) is 99.6 Å². The highest BCUT2D eigenvalue weighted by Crippen LogP contribution is 2.24. The highest BCUT2D eigenvalue weighted by atomic mass is 16.5. The van der Waals surface area contributed by atoms with Crippen LogP contribution in [0.25, 0.3) is 0 Å². The van der Waals surface area contributed by atoms with Gasteiger partial charge in [0.2, 0.25) is 0 Å². The number of carbonyl (C=O) groups is 2. The summed E-state index contributed by atoms with van der Waals surface area (Å²) in [7, 11) is 0. The Morgan fingerprint density at radius 3 is 2.47 bits per heavy atom. The fourth-order valence-corrected chi connectivity index (χ4v) is 4.26. The van der Waals surface area contributed by atoms with E-state index in [1.54, 1.807) is 36.4 Å². The van der Waals surface area contributed by atoms with E-state index in [2.05, 4.69) is 36.5 Å². The molecule has 0 radical (unpaired) electrons. The van der Waals surface area contributed by atoms with Crippen molar-refractivity contribution in [3.63, 3.8) is 0 Å². The average Bonchev–Trinajstić information content (AvgIpc) is 2.85. The fourth-order valence-electron chi connectivity index (χ4n) is 4.26. The molecule has 6 nitrogen and oxygen atoms in total. The van der Waals surface area contributed by atoms with Crippen LogP contribution >= 0.6 is 0 Å². The van der Waals surface area contributed by atoms with Crippen molar-refractivity contribution in [1.29, 1.82) is 5.26 Å². The zero-order valence-electron chi connectivity index (χ0n) is 21.0. The number of nitrogens with zero attached hydrogens (tertiary/aromatic N) is 1. The summed E-state index contributed by atoms with van der Waals surface area (Å²) >= 11 is 0. The van der Waals surface area contributed by atoms with E-state index in [1.165, 1.54) is 0 Å². The van der Waals surface area contributed by atoms with E-state index >= 15 is 0 Å². The summed E-state index contributed by atoms with van der Waals surface area (Å²) in [6.07, 6.45) is 1.88. The Morgan fingerprint density at radius 1 is 1.06 bits per heavy atom. The zero-order valence-corrected chi connectivity index (χ0v) is 21.0. The molecule has 0 aromatic heterocycles. The molecule has 3 aromatic carbocycles. The van der Waals surface area contributed by atoms with Crippen molar-refractivity contribution in [2.45, 2.75) is 59.1 Å². The molecule has 1 atom stereocenters. The summed E-state index contributed by atoms with van der Waals surface area (Å²) in [5.74, 6) is -0.584. The number of carbonyl (C=O) groups excluding carboxylic acids is 1. The van der Waals surface area contributed by atoms with Crippen molar-refractivity contribution in [2.24, 2.45) is 0 Å². The Morgan fingerprint density at radius 2 is 1.81 bits per heavy atom. The number of hydrogen-bond acceptors (Lipinski definition) is 4. The number of aryl methyl sites for hydroxylation is 3. The number of aliphatic carboxylic acids is 1. The van der Waals surface area contributed by atoms with E-state index in [9.17, 15) is 14.7 Å². The van der Waals surface area contributed by atoms with Gasteiger partial charge in [0.1, 0.15) is 12.4 Å². The maximum Gasteiger partial charge on any atom is 0.303 e. The average molecular weight is 485 g/mol. The van der Waals surface area contributed by atoms with E-state index in [0.29, 0.717) is 22.4 Å². The Hall–Kier alpha value is -4.11. The standard InChI is InChI=1S/C30H32N2O4/c1-4-6-28(25-14-20(2)13-21(3)15-25)32-30(35)27-17-23(9-10-24(27)11-12-29(33)34)19-36-26-8-5-7-22(16-26)18-31/h5,7-10,13-17,28H,4,6,11-12,19H2,1-3H3,(H,32,35)(H,33,34). The van der Waals surface area contributed by atoms with Gasteiger partial charge in [0, 0.05) is 12.0 Å². The van der Waals surface area contributed by atoms with Gasteiger partial charge in [0.25, 0.3) is 5.91 Å². The summed E-state index contributed by atoms with van der Waals surface area (Å²) < 4.78 is 5.85. The molecule has 2 N–H and O–H groups in total. The molecule has 0 bridgehead atoms. The zero-order chi connectivity index (χ0) is 26.1. The van der Waals surface area contributed by atoms with Crippen molar-refractivity contribution in [1.82, 2.24) is 5.32 Å². The minimum atomic E-state index is -0.912. The molecule has 0 aliphatic rings. The van der Waals surface area contributed by atoms with Gasteiger partial charge in [-0.05, 0) is 67.6 Å². The number of hydrogen-bond donors (Lipinski definition) is 2. The van der Waals surface area contributed by atoms with Gasteiger partial charge in [-0.15, -0.1) is 0 Å². The van der Waals surface area contributed by atoms with Crippen LogP contribution in [0.5, 0.6) is 5.75 Å². The molecule has 36 heavy (non-hydrogen) atoms. The number of rotatable bonds is 11. The predicted octanol–water partition coefficient (Wildman–Crippen LogP) is 6.04. The normalized spacial score (nSPS) is 11.4. The Labute approximate surface area is 212 Å². The molecule has 0 saturated heterocycles. The van der Waals surface area contributed by atoms with Crippen LogP contribution in [-0.2, 0) is 17.8 Å². The van der Waals surface area contributed by atoms with Crippen LogP contribution in [0, 0.1) is 25.2 Å². The Kier molecular flexibility index (Phi) is 9.24. The quantitative estimate of drug-likeness (QED) is 0.345. The third-order valence-corrected chi connectivity index (χ3v) is 5.92. The molecule has 0 heterocycles. The topological polar surface area (TPSA) is 99.4 Å². The Bertz CT molecular complexity index is 1260. The first-order chi connectivity index (χ1) is 17.3. The summed E-state index contributed by atoms with van der Waals surface area (Å²) in [4.78, 5) is 24.7. The third-order valence-electron chi connectivity index (χ3n) is 5.92. The summed E-state index contributed by atoms with van der Waals surface area (Å²) in [5, 5.41) is 21.5. The van der Waals surface area contributed by atoms with Crippen molar-refractivity contribution < 1.29 is 19.4 Å². The third kappa shape index (κ3) is 7.44. The molecule has 0 aliphatic heterocycles. The molecule has 0 spiro atoms. The van der Waals surface area contributed by atoms with Gasteiger partial charge in [-0.3, -0.25) is 9.59 Å². The smallest absolute Gasteiger partial charge is 0.303 e. The maximum atomic E-state index is 13.5. The molecule has 0 saturated carbocycles. The van der Waals surface area contributed by atoms with Gasteiger partial charge in [-0.25, -0.2) is 0 Å². The molecular weight excluding hydrogens is 452 g/mol. The van der Waals surface area contributed by atoms with Crippen LogP contribution < -0.4 is 10.1 Å². The fraction of sp³-hybridized carbons (Fsp3) is 0.300. The highest BCUT2D eigenvalue weighted by molar-refractivity contribution is 5.96. The monoisotopic (exact) mass is 484 g/mol. The van der Waals surface area contributed by atoms with Gasteiger partial charge < -0.3 is 15.2 Å². The Balaban J connectivity index is 1.86. The number of amides is 1. The second-order valence-electron chi connectivity index (χ2n) is 9.05. The molecule has 186 valence electrons. The molecule has 1 unspecified atom stereocenters. The van der Waals surface area contributed by atoms with Crippen molar-refractivity contribution in [2.75, 3.05) is 0 Å². The van der Waals surface area contributed by atoms with E-state index < -0.39 is 5.97 Å². The van der Waals surface area contributed by atoms with Crippen molar-refractivity contribution in [3.8, 4) is 11.8 Å². The molecule has 1 amide bonds. The molecule has 3 rings (SSSR count). The van der Waals surface area contributed by atoms with Crippen LogP contribution in [0.1, 0.15) is 76.0 Å². The lowest BCUT2D eigenvalue weighted by atomic mass is 9.96. The summed E-state index contributed by atoms with van der Waals surface area (Å²) in [5.41, 5.74) is 5.76. The van der Waals surface area contributed by atoms with Gasteiger partial charge >= 0.3 is 5.97 Å². The van der Waals surface area contributed by atoms with Crippen LogP contribution in [0.3, 0.4) is 0 Å². The predicted molar refractivity (Wildman–Crippen MR) is 139 cm³/mol. The number of benzene rings is 3. The first-order valence-electron chi connectivity index (χ1n) is 12.1. The minimum Gasteiger partial charge on any atom is -0.489 e. The van der Waals surface area contributed by atoms with Crippen LogP contribution in [0.15, 0.2) is 60.7 Å². The lowest BCUT2D eigenvalue weighted by Crippen LogP contribution is -2.29. The minimum absolute atomic E-state index is 0.0630. The molecule has 0 fully saturated rings. The highest BCUT2D eigenvalue weighted by Gasteiger charge is 2.19. The van der Waals surface area contributed by atoms with Gasteiger partial charge in [0.15, 0.2) is 0 Å². The molecule has 6 heteroatoms. The first-order valence-corrected chi connectivity index (χ1v) is 12.1. The number of nitrogens with one attached hydrogen (secondary N) is 1. The maximum absolute atomic E-state index is 13.5. The second kappa shape index (κ2) is 12.6. The molecule has 0 aliphatic carbocycles. The van der Waals surface area contributed by atoms with E-state index in [4.69, 9.17) is 10.00 Å². The lowest BCUT2D eigenvalue weighted by Gasteiger charge is -2.21. The van der Waals surface area contributed by atoms with Crippen LogP contribution in [0.2, 0.25) is 0 Å². The van der Waals surface area contributed by atoms with Crippen LogP contribution in [-0.4, -0.2) is 17.0 Å². The number of carboxylic acids is 1. The molecule has 3 aromatic rings. The first kappa shape index (κ1) is 26.5. The largest absolute Gasteiger partial charge is 0.489 e. The second-order valence-corrected chi connectivity index (χ2v) is 9.05. The van der Waals surface area contributed by atoms with E-state index in [0.717, 1.165) is 35.1 Å². The van der Waals surface area contributed by atoms with E-state index in [1.807, 2.05) is 19.9 Å². The summed E-state index contributed by atoms with van der Waals surface area (Å²) in [6.45, 7) is 6.38. The lowest BCUT2D eigenvalue weighted by molar-refractivity contribution is -0.136. The number of nitriles is 1. The molecular formula is C30H32N2O4. The number of ether oxygens (including phenoxy) is 1. The van der Waals surface area contributed by atoms with Gasteiger partial charge in [0.05, 0.1) is 17.7 Å². The SMILES string of the molecule is CCCC(NC(=O)c1cc(COc2cccc(C#N)c2)ccc1CCC(=O)O)c1cc(C)cc(C)c1. The number of carboxylic acid groups (broad SMARTS) is 1. The van der Waals surface area contributed by atoms with Gasteiger partial charge in [-0.2, -0.15) is 5.26 Å². The van der Waals surface area contributed by atoms with E-state index in [-0.39, 0.29) is 31.4 Å². The summed E-state index contributed by atoms with van der Waals surface area (Å²) in [6, 6.07) is 20.5. The van der Waals surface area contributed by atoms with Crippen LogP contribution in [0.4, 0.5) is 0 Å². The van der Waals surface area contributed by atoms with Gasteiger partial charge in [-0.1, -0.05) is 60.9 Å². The van der Waals surface area contributed by atoms with Crippen molar-refractivity contribution >= 4 is 11.9 Å².